The maximum Gasteiger partial charge on any atom is 0.156 e. The van der Waals surface area contributed by atoms with E-state index in [0.717, 1.165) is 0 Å². The fourth-order valence-corrected chi connectivity index (χ4v) is 0. The third-order valence-corrected chi connectivity index (χ3v) is 0.567. The first kappa shape index (κ1) is 5.00. The summed E-state index contributed by atoms with van der Waals surface area (Å²) in [5.74, 6) is 0. The summed E-state index contributed by atoms with van der Waals surface area (Å²) in [7, 11) is 0. The molecule has 0 bridgehead atoms. The Labute approximate surface area is 43.7 Å². The molecule has 0 unspecified atom stereocenters. The summed E-state index contributed by atoms with van der Waals surface area (Å²) in [6, 6.07) is 0. The van der Waals surface area contributed by atoms with Gasteiger partial charge in [-0.25, -0.2) is 0 Å². The van der Waals surface area contributed by atoms with Crippen molar-refractivity contribution in [3.63, 3.8) is 0 Å². The van der Waals surface area contributed by atoms with Gasteiger partial charge in [0.05, 0.1) is 0 Å². The fourth-order valence-electron chi connectivity index (χ4n) is 0. The Morgan fingerprint density at radius 1 is 1.75 bits per heavy atom. The molecule has 0 aromatic rings. The van der Waals surface area contributed by atoms with E-state index in [1.807, 2.05) is 0 Å². The lowest BCUT2D eigenvalue weighted by molar-refractivity contribution is -0.0166. The molecule has 0 amide bonds. The summed E-state index contributed by atoms with van der Waals surface area (Å²) in [6.07, 6.45) is 0. The zero-order valence-electron chi connectivity index (χ0n) is 1.64. The quantitative estimate of drug-likeness (QED) is 0.220. The zero-order chi connectivity index (χ0) is 3.41. The van der Waals surface area contributed by atoms with Gasteiger partial charge in [-0.1, -0.05) is 0 Å². The van der Waals surface area contributed by atoms with E-state index in [1.54, 1.807) is 23.0 Å². The molecule has 0 heterocycles. The summed E-state index contributed by atoms with van der Waals surface area (Å²) in [4.78, 5) is 0. The predicted molar refractivity (Wildman–Crippen MR) is 25.2 cm³/mol. The van der Waals surface area contributed by atoms with Gasteiger partial charge in [-0.2, -0.15) is 7.55 Å². The molecular weight excluding hydrogens is 191 g/mol. The molecule has 0 fully saturated rings. The van der Waals surface area contributed by atoms with Crippen molar-refractivity contribution in [1.82, 2.24) is 0 Å². The van der Waals surface area contributed by atoms with Crippen LogP contribution in [0.4, 0.5) is 0 Å². The van der Waals surface area contributed by atoms with Gasteiger partial charge in [0.1, 0.15) is 0 Å². The van der Waals surface area contributed by atoms with Crippen LogP contribution in [0.1, 0.15) is 0 Å². The van der Waals surface area contributed by atoms with E-state index in [1.165, 1.54) is 0 Å². The normalized spacial score (nSPS) is 7.50. The third kappa shape index (κ3) is 3.00. The average Bonchev–Trinajstić information content (AvgIpc) is 1.37. The molecule has 0 aliphatic carbocycles. The Balaban J connectivity index is 1.97. The van der Waals surface area contributed by atoms with Crippen molar-refractivity contribution in [3.8, 4) is 0 Å². The lowest BCUT2D eigenvalue weighted by Crippen LogP contribution is -1.51. The highest BCUT2D eigenvalue weighted by Gasteiger charge is 1.54. The minimum Gasteiger partial charge on any atom is -0.156 e. The Bertz CT molecular complexity index is 8.00. The van der Waals surface area contributed by atoms with Gasteiger partial charge in [0.25, 0.3) is 0 Å². The van der Waals surface area contributed by atoms with Gasteiger partial charge in [-0.15, -0.1) is 0 Å². The molecule has 0 N–H and O–H groups in total. The summed E-state index contributed by atoms with van der Waals surface area (Å²) in [5, 5.41) is 0. The van der Waals surface area contributed by atoms with Gasteiger partial charge in [0, 0.05) is 12.9 Å². The number of rotatable bonds is 1. The number of thiol groups is 1. The second kappa shape index (κ2) is 4.00. The molecule has 4 heavy (non-hydrogen) atoms. The molecule has 0 saturated heterocycles. The molecule has 4 heteroatoms. The molecule has 0 spiro atoms. The smallest absolute Gasteiger partial charge is 0.156 e. The molecule has 0 aromatic heterocycles. The molecular formula is HIO2S. The van der Waals surface area contributed by atoms with Gasteiger partial charge in [0.15, 0.2) is 23.0 Å². The largest absolute Gasteiger partial charge is 0.156 e. The van der Waals surface area contributed by atoms with Crippen molar-refractivity contribution in [1.29, 1.82) is 0 Å². The van der Waals surface area contributed by atoms with E-state index in [0.29, 0.717) is 0 Å². The maximum atomic E-state index is 3.88. The van der Waals surface area contributed by atoms with Gasteiger partial charge in [-0.05, 0) is 0 Å². The molecule has 0 aliphatic heterocycles. The van der Waals surface area contributed by atoms with Crippen LogP contribution in [0, 0.1) is 0 Å². The van der Waals surface area contributed by atoms with Crippen molar-refractivity contribution in [2.24, 2.45) is 0 Å². The van der Waals surface area contributed by atoms with Crippen LogP contribution in [0.5, 0.6) is 0 Å². The highest BCUT2D eigenvalue weighted by atomic mass is 127. The van der Waals surface area contributed by atoms with Gasteiger partial charge in [0.2, 0.25) is 0 Å². The third-order valence-electron chi connectivity index (χ3n) is 0.0282. The molecule has 2 nitrogen and oxygen atoms in total. The summed E-state index contributed by atoms with van der Waals surface area (Å²) in [6.45, 7) is 0. The number of hydrogen-bond donors (Lipinski definition) is 1. The van der Waals surface area contributed by atoms with Crippen molar-refractivity contribution >= 4 is 35.9 Å². The molecule has 0 atom stereocenters. The monoisotopic (exact) mass is 192 g/mol. The highest BCUT2D eigenvalue weighted by Crippen LogP contribution is 1.86. The Hall–Kier alpha value is 1.00. The van der Waals surface area contributed by atoms with E-state index in [9.17, 15) is 0 Å². The summed E-state index contributed by atoms with van der Waals surface area (Å²) >= 11 is 4.74. The van der Waals surface area contributed by atoms with Crippen LogP contribution in [0.3, 0.4) is 0 Å². The first-order valence-corrected chi connectivity index (χ1v) is 1.75. The zero-order valence-corrected chi connectivity index (χ0v) is 4.69. The summed E-state index contributed by atoms with van der Waals surface area (Å²) in [5.41, 5.74) is 0. The van der Waals surface area contributed by atoms with Crippen molar-refractivity contribution in [2.45, 2.75) is 0 Å². The van der Waals surface area contributed by atoms with E-state index >= 15 is 0 Å². The molecule has 0 aliphatic rings. The Kier molecular flexibility index (Phi) is 5.00. The molecule has 0 radical (unpaired) electrons. The number of halogens is 1. The minimum atomic E-state index is 1.55. The van der Waals surface area contributed by atoms with Crippen LogP contribution in [-0.4, -0.2) is 0 Å². The lowest BCUT2D eigenvalue weighted by Gasteiger charge is -1.71. The first-order valence-electron chi connectivity index (χ1n) is 0.504. The second-order valence-corrected chi connectivity index (χ2v) is 0.646. The van der Waals surface area contributed by atoms with Crippen LogP contribution in [0.15, 0.2) is 0 Å². The van der Waals surface area contributed by atoms with Crippen molar-refractivity contribution in [2.75, 3.05) is 0 Å². The van der Waals surface area contributed by atoms with E-state index in [2.05, 4.69) is 20.5 Å². The van der Waals surface area contributed by atoms with Crippen LogP contribution in [0.25, 0.3) is 0 Å². The van der Waals surface area contributed by atoms with E-state index in [4.69, 9.17) is 0 Å². The van der Waals surface area contributed by atoms with E-state index in [-0.39, 0.29) is 0 Å². The van der Waals surface area contributed by atoms with Gasteiger partial charge >= 0.3 is 0 Å². The van der Waals surface area contributed by atoms with E-state index < -0.39 is 0 Å². The topological polar surface area (TPSA) is 18.5 Å². The van der Waals surface area contributed by atoms with Crippen molar-refractivity contribution in [3.05, 3.63) is 0 Å². The molecule has 0 saturated carbocycles. The predicted octanol–water partition coefficient (Wildman–Crippen LogP) is 1.13. The average molecular weight is 192 g/mol. The molecule has 0 rings (SSSR count). The second-order valence-electron chi connectivity index (χ2n) is 0.138. The van der Waals surface area contributed by atoms with Crippen LogP contribution < -0.4 is 0 Å². The highest BCUT2D eigenvalue weighted by molar-refractivity contribution is 14.1. The number of hydrogen-bond acceptors (Lipinski definition) is 3. The molecule has 0 aromatic carbocycles. The lowest BCUT2D eigenvalue weighted by atomic mass is 15.0. The molecule has 26 valence electrons. The van der Waals surface area contributed by atoms with Gasteiger partial charge < -0.3 is 0 Å². The minimum absolute atomic E-state index is 1.55. The fraction of sp³-hybridized carbons (Fsp3) is 0. The van der Waals surface area contributed by atoms with Crippen molar-refractivity contribution < 1.29 is 7.55 Å². The maximum absolute atomic E-state index is 3.88. The van der Waals surface area contributed by atoms with Gasteiger partial charge in [-0.3, -0.25) is 0 Å². The Morgan fingerprint density at radius 2 is 2.00 bits per heavy atom. The standard InChI is InChI=1S/HIO2S/c1-2-3-4/h4H. The van der Waals surface area contributed by atoms with Crippen LogP contribution in [0.2, 0.25) is 0 Å². The first-order chi connectivity index (χ1) is 1.91. The SMILES string of the molecule is SOOI. The van der Waals surface area contributed by atoms with Crippen LogP contribution >= 0.6 is 35.9 Å². The Morgan fingerprint density at radius 3 is 2.00 bits per heavy atom. The summed E-state index contributed by atoms with van der Waals surface area (Å²) < 4.78 is 7.60. The van der Waals surface area contributed by atoms with Crippen LogP contribution in [-0.2, 0) is 7.55 Å².